The number of hydrogen-bond donors (Lipinski definition) is 2. The predicted octanol–water partition coefficient (Wildman–Crippen LogP) is 5.53. The molecule has 10 heteroatoms. The Morgan fingerprint density at radius 1 is 1.05 bits per heavy atom. The van der Waals surface area contributed by atoms with Crippen molar-refractivity contribution in [2.45, 2.75) is 45.1 Å². The Balaban J connectivity index is 1.18. The minimum Gasteiger partial charge on any atom is -0.435 e. The number of nitrogens with two attached hydrogens (primary N) is 1. The Bertz CT molecular complexity index is 1620. The van der Waals surface area contributed by atoms with Gasteiger partial charge in [-0.05, 0) is 73.4 Å². The molecule has 1 fully saturated rings. The van der Waals surface area contributed by atoms with E-state index in [1.807, 2.05) is 19.1 Å². The lowest BCUT2D eigenvalue weighted by molar-refractivity contribution is -0.0498. The number of primary amides is 1. The number of allylic oxidation sites excluding steroid dienone is 1. The van der Waals surface area contributed by atoms with Gasteiger partial charge in [-0.1, -0.05) is 19.1 Å². The summed E-state index contributed by atoms with van der Waals surface area (Å²) in [4.78, 5) is 31.4. The first-order valence-electron chi connectivity index (χ1n) is 13.5. The number of rotatable bonds is 7. The minimum atomic E-state index is -2.85. The number of amides is 1. The lowest BCUT2D eigenvalue weighted by Crippen LogP contribution is -2.42. The van der Waals surface area contributed by atoms with Gasteiger partial charge in [0.05, 0.1) is 11.4 Å². The van der Waals surface area contributed by atoms with Crippen molar-refractivity contribution in [3.63, 3.8) is 0 Å². The second-order valence-corrected chi connectivity index (χ2v) is 10.9. The van der Waals surface area contributed by atoms with Crippen LogP contribution in [0.3, 0.4) is 0 Å². The van der Waals surface area contributed by atoms with Gasteiger partial charge in [0.1, 0.15) is 23.7 Å². The summed E-state index contributed by atoms with van der Waals surface area (Å²) in [7, 11) is 0. The molecule has 210 valence electrons. The molecule has 8 nitrogen and oxygen atoms in total. The molecule has 3 heterocycles. The number of alkyl halides is 2. The van der Waals surface area contributed by atoms with E-state index in [0.29, 0.717) is 12.0 Å². The zero-order valence-electron chi connectivity index (χ0n) is 22.8. The van der Waals surface area contributed by atoms with Crippen molar-refractivity contribution in [1.29, 1.82) is 0 Å². The summed E-state index contributed by atoms with van der Waals surface area (Å²) in [5.41, 5.74) is 12.5. The molecule has 0 bridgehead atoms. The van der Waals surface area contributed by atoms with Crippen LogP contribution < -0.4 is 15.4 Å². The highest BCUT2D eigenvalue weighted by molar-refractivity contribution is 5.95. The number of nitrogens with zero attached hydrogens (tertiary/aromatic N) is 4. The molecule has 2 aromatic carbocycles. The van der Waals surface area contributed by atoms with Crippen LogP contribution in [-0.4, -0.2) is 45.5 Å². The van der Waals surface area contributed by atoms with Crippen molar-refractivity contribution in [3.8, 4) is 17.0 Å². The number of carbonyl (C=O) groups excluding carboxylic acids is 1. The number of H-pyrrole nitrogens is 1. The van der Waals surface area contributed by atoms with Crippen LogP contribution in [0.15, 0.2) is 54.9 Å². The number of fused-ring (bicyclic) bond motifs is 1. The number of aromatic nitrogens is 4. The summed E-state index contributed by atoms with van der Waals surface area (Å²) >= 11 is 0. The zero-order valence-corrected chi connectivity index (χ0v) is 22.8. The number of anilines is 1. The van der Waals surface area contributed by atoms with Crippen molar-refractivity contribution >= 4 is 23.4 Å². The Morgan fingerprint density at radius 2 is 1.73 bits per heavy atom. The van der Waals surface area contributed by atoms with E-state index < -0.39 is 12.5 Å². The van der Waals surface area contributed by atoms with Gasteiger partial charge in [0.25, 0.3) is 0 Å². The van der Waals surface area contributed by atoms with Crippen LogP contribution in [0.25, 0.3) is 22.9 Å². The second-order valence-electron chi connectivity index (χ2n) is 10.9. The van der Waals surface area contributed by atoms with Crippen LogP contribution >= 0.6 is 0 Å². The summed E-state index contributed by atoms with van der Waals surface area (Å²) in [6.07, 6.45) is 6.25. The van der Waals surface area contributed by atoms with Crippen molar-refractivity contribution in [2.24, 2.45) is 5.73 Å². The fourth-order valence-electron chi connectivity index (χ4n) is 5.67. The van der Waals surface area contributed by atoms with Crippen molar-refractivity contribution < 1.29 is 18.3 Å². The molecule has 2 aromatic heterocycles. The van der Waals surface area contributed by atoms with Gasteiger partial charge >= 0.3 is 6.61 Å². The molecule has 3 N–H and O–H groups in total. The maximum Gasteiger partial charge on any atom is 0.387 e. The summed E-state index contributed by atoms with van der Waals surface area (Å²) in [5.74, 6) is 1.54. The summed E-state index contributed by atoms with van der Waals surface area (Å²) in [5, 5.41) is 0. The van der Waals surface area contributed by atoms with Gasteiger partial charge < -0.3 is 20.4 Å². The fourth-order valence-corrected chi connectivity index (χ4v) is 5.67. The van der Waals surface area contributed by atoms with Crippen molar-refractivity contribution in [2.75, 3.05) is 18.0 Å². The molecular formula is C31H30F2N6O2. The highest BCUT2D eigenvalue weighted by Gasteiger charge is 2.36. The number of imidazole rings is 1. The number of hydrogen-bond acceptors (Lipinski definition) is 6. The molecule has 1 amide bonds. The number of aryl methyl sites for hydroxylation is 1. The third kappa shape index (κ3) is 5.17. The van der Waals surface area contributed by atoms with Gasteiger partial charge in [0, 0.05) is 47.3 Å². The van der Waals surface area contributed by atoms with Gasteiger partial charge in [-0.3, -0.25) is 4.79 Å². The summed E-state index contributed by atoms with van der Waals surface area (Å²) < 4.78 is 29.5. The summed E-state index contributed by atoms with van der Waals surface area (Å²) in [6.45, 7) is 2.97. The van der Waals surface area contributed by atoms with Gasteiger partial charge in [0.2, 0.25) is 5.91 Å². The van der Waals surface area contributed by atoms with E-state index in [9.17, 15) is 13.6 Å². The first-order valence-corrected chi connectivity index (χ1v) is 13.5. The molecule has 1 saturated heterocycles. The molecule has 4 aromatic rings. The maximum absolute atomic E-state index is 12.5. The quantitative estimate of drug-likeness (QED) is 0.310. The SMILES string of the molecule is Cc1[nH]c(C2(C)CCN(c3ncnc4c3C=C(c3ccc(C(N)=O)cc3)C4)CC2)nc1-c1ccc(OC(F)F)cc1. The minimum absolute atomic E-state index is 0.121. The average Bonchev–Trinajstić information content (AvgIpc) is 3.58. The number of benzene rings is 2. The van der Waals surface area contributed by atoms with Crippen LogP contribution in [-0.2, 0) is 11.8 Å². The number of carbonyl (C=O) groups is 1. The third-order valence-corrected chi connectivity index (χ3v) is 8.14. The Morgan fingerprint density at radius 3 is 2.39 bits per heavy atom. The smallest absolute Gasteiger partial charge is 0.387 e. The average molecular weight is 557 g/mol. The van der Waals surface area contributed by atoms with Crippen LogP contribution in [0, 0.1) is 6.92 Å². The molecular weight excluding hydrogens is 526 g/mol. The molecule has 0 atom stereocenters. The van der Waals surface area contributed by atoms with Crippen LogP contribution in [0.4, 0.5) is 14.6 Å². The first kappa shape index (κ1) is 26.6. The van der Waals surface area contributed by atoms with E-state index in [4.69, 9.17) is 10.7 Å². The third-order valence-electron chi connectivity index (χ3n) is 8.14. The van der Waals surface area contributed by atoms with Crippen LogP contribution in [0.5, 0.6) is 5.75 Å². The normalized spacial score (nSPS) is 16.0. The number of aromatic amines is 1. The number of piperidine rings is 1. The Hall–Kier alpha value is -4.60. The van der Waals surface area contributed by atoms with Gasteiger partial charge in [0.15, 0.2) is 0 Å². The van der Waals surface area contributed by atoms with E-state index in [1.165, 1.54) is 12.1 Å². The number of nitrogens with one attached hydrogen (secondary N) is 1. The number of halogens is 2. The van der Waals surface area contributed by atoms with Crippen molar-refractivity contribution in [3.05, 3.63) is 88.8 Å². The second kappa shape index (κ2) is 10.4. The van der Waals surface area contributed by atoms with Crippen LogP contribution in [0.1, 0.15) is 58.5 Å². The largest absolute Gasteiger partial charge is 0.435 e. The van der Waals surface area contributed by atoms with Gasteiger partial charge in [-0.2, -0.15) is 8.78 Å². The Labute approximate surface area is 236 Å². The fraction of sp³-hybridized carbons (Fsp3) is 0.290. The lowest BCUT2D eigenvalue weighted by atomic mass is 9.79. The van der Waals surface area contributed by atoms with E-state index in [-0.39, 0.29) is 11.2 Å². The van der Waals surface area contributed by atoms with Gasteiger partial charge in [-0.15, -0.1) is 0 Å². The highest BCUT2D eigenvalue weighted by Crippen LogP contribution is 2.40. The summed E-state index contributed by atoms with van der Waals surface area (Å²) in [6, 6.07) is 13.9. The monoisotopic (exact) mass is 556 g/mol. The van der Waals surface area contributed by atoms with E-state index in [1.54, 1.807) is 30.6 Å². The first-order chi connectivity index (χ1) is 19.7. The van der Waals surface area contributed by atoms with Crippen molar-refractivity contribution in [1.82, 2.24) is 19.9 Å². The molecule has 0 spiro atoms. The maximum atomic E-state index is 12.5. The molecule has 0 radical (unpaired) electrons. The lowest BCUT2D eigenvalue weighted by Gasteiger charge is -2.39. The van der Waals surface area contributed by atoms with E-state index in [2.05, 4.69) is 37.6 Å². The van der Waals surface area contributed by atoms with E-state index >= 15 is 0 Å². The standard InChI is InChI=1S/C31H30F2N6O2/c1-18-26(20-7-9-23(10-8-20)41-30(32)33)38-29(37-18)31(2)11-13-39(14-12-31)28-24-15-22(16-25(24)35-17-36-28)19-3-5-21(6-4-19)27(34)40/h3-10,15,17,30H,11-14,16H2,1-2H3,(H2,34,40)(H,37,38). The predicted molar refractivity (Wildman–Crippen MR) is 153 cm³/mol. The van der Waals surface area contributed by atoms with E-state index in [0.717, 1.165) is 76.9 Å². The molecule has 1 aliphatic carbocycles. The molecule has 0 saturated carbocycles. The number of ether oxygens (including phenoxy) is 1. The van der Waals surface area contributed by atoms with Crippen LogP contribution in [0.2, 0.25) is 0 Å². The van der Waals surface area contributed by atoms with Gasteiger partial charge in [-0.25, -0.2) is 15.0 Å². The zero-order chi connectivity index (χ0) is 28.7. The molecule has 1 aliphatic heterocycles. The Kier molecular flexibility index (Phi) is 6.76. The molecule has 6 rings (SSSR count). The molecule has 0 unspecified atom stereocenters. The topological polar surface area (TPSA) is 110 Å². The highest BCUT2D eigenvalue weighted by atomic mass is 19.3. The molecule has 2 aliphatic rings. The molecule has 41 heavy (non-hydrogen) atoms.